The molecule has 2 N–H and O–H groups in total. The number of halogens is 2. The average Bonchev–Trinajstić information content (AvgIpc) is 3.12. The van der Waals surface area contributed by atoms with Gasteiger partial charge in [-0.05, 0) is 36.4 Å². The number of carbonyl (C=O) groups is 1. The molecule has 0 unspecified atom stereocenters. The van der Waals surface area contributed by atoms with Crippen LogP contribution in [0.15, 0.2) is 48.5 Å². The minimum atomic E-state index is -0.206. The van der Waals surface area contributed by atoms with E-state index in [4.69, 9.17) is 28.5 Å². The predicted octanol–water partition coefficient (Wildman–Crippen LogP) is 4.69. The summed E-state index contributed by atoms with van der Waals surface area (Å²) in [7, 11) is 0. The molecule has 3 aromatic rings. The van der Waals surface area contributed by atoms with Crippen LogP contribution in [0.4, 0.5) is 0 Å². The zero-order valence-corrected chi connectivity index (χ0v) is 15.1. The highest BCUT2D eigenvalue weighted by Crippen LogP contribution is 2.31. The van der Waals surface area contributed by atoms with Crippen LogP contribution in [0.1, 0.15) is 16.8 Å². The molecule has 0 aliphatic rings. The van der Waals surface area contributed by atoms with E-state index in [1.807, 2.05) is 30.3 Å². The van der Waals surface area contributed by atoms with Gasteiger partial charge in [0.2, 0.25) is 0 Å². The fourth-order valence-electron chi connectivity index (χ4n) is 2.44. The van der Waals surface area contributed by atoms with Gasteiger partial charge in [-0.1, -0.05) is 35.3 Å². The van der Waals surface area contributed by atoms with Gasteiger partial charge in [0.1, 0.15) is 0 Å². The van der Waals surface area contributed by atoms with E-state index in [0.717, 1.165) is 22.5 Å². The van der Waals surface area contributed by atoms with E-state index in [1.54, 1.807) is 24.3 Å². The summed E-state index contributed by atoms with van der Waals surface area (Å²) in [5, 5.41) is 19.6. The Morgan fingerprint density at radius 2 is 1.92 bits per heavy atom. The number of nitrogens with one attached hydrogen (secondary N) is 2. The number of carbonyl (C=O) groups excluding carboxylic acids is 1. The molecule has 0 bridgehead atoms. The molecule has 0 radical (unpaired) electrons. The lowest BCUT2D eigenvalue weighted by atomic mass is 10.1. The van der Waals surface area contributed by atoms with Gasteiger partial charge in [-0.2, -0.15) is 10.4 Å². The van der Waals surface area contributed by atoms with E-state index in [2.05, 4.69) is 15.5 Å². The van der Waals surface area contributed by atoms with Crippen molar-refractivity contribution in [2.45, 2.75) is 6.42 Å². The standard InChI is InChI=1S/C19H14Cl2N4O/c20-14-6-7-15(16(21)10-14)18-11-17(24-25-18)12-2-4-13(5-3-12)19(26)23-9-1-8-22/h2-7,10-11H,1,9H2,(H,23,26)(H,24,25). The highest BCUT2D eigenvalue weighted by Gasteiger charge is 2.10. The third-order valence-corrected chi connectivity index (χ3v) is 4.31. The topological polar surface area (TPSA) is 81.6 Å². The Bertz CT molecular complexity index is 974. The van der Waals surface area contributed by atoms with Crippen LogP contribution in [0.25, 0.3) is 22.5 Å². The molecule has 3 rings (SSSR count). The van der Waals surface area contributed by atoms with E-state index in [-0.39, 0.29) is 12.3 Å². The zero-order chi connectivity index (χ0) is 18.5. The lowest BCUT2D eigenvalue weighted by molar-refractivity contribution is 0.0954. The Morgan fingerprint density at radius 1 is 1.15 bits per heavy atom. The largest absolute Gasteiger partial charge is 0.351 e. The normalized spacial score (nSPS) is 10.3. The molecule has 5 nitrogen and oxygen atoms in total. The van der Waals surface area contributed by atoms with E-state index in [0.29, 0.717) is 22.2 Å². The van der Waals surface area contributed by atoms with Crippen LogP contribution >= 0.6 is 23.2 Å². The van der Waals surface area contributed by atoms with Gasteiger partial charge in [0.25, 0.3) is 5.91 Å². The summed E-state index contributed by atoms with van der Waals surface area (Å²) in [6, 6.07) is 16.2. The second-order valence-electron chi connectivity index (χ2n) is 5.53. The maximum Gasteiger partial charge on any atom is 0.251 e. The van der Waals surface area contributed by atoms with E-state index in [1.165, 1.54) is 0 Å². The van der Waals surface area contributed by atoms with Crippen molar-refractivity contribution in [2.75, 3.05) is 6.54 Å². The number of nitriles is 1. The molecule has 0 spiro atoms. The summed E-state index contributed by atoms with van der Waals surface area (Å²) in [6.45, 7) is 0.335. The van der Waals surface area contributed by atoms with E-state index in [9.17, 15) is 4.79 Å². The molecular weight excluding hydrogens is 371 g/mol. The van der Waals surface area contributed by atoms with E-state index < -0.39 is 0 Å². The third-order valence-electron chi connectivity index (χ3n) is 3.76. The van der Waals surface area contributed by atoms with Crippen LogP contribution in [0, 0.1) is 11.3 Å². The second kappa shape index (κ2) is 8.05. The van der Waals surface area contributed by atoms with Crippen molar-refractivity contribution in [1.29, 1.82) is 5.26 Å². The zero-order valence-electron chi connectivity index (χ0n) is 13.6. The Balaban J connectivity index is 1.77. The van der Waals surface area contributed by atoms with Gasteiger partial charge in [-0.25, -0.2) is 0 Å². The minimum Gasteiger partial charge on any atom is -0.351 e. The van der Waals surface area contributed by atoms with E-state index >= 15 is 0 Å². The number of nitrogens with zero attached hydrogens (tertiary/aromatic N) is 2. The molecule has 2 aromatic carbocycles. The van der Waals surface area contributed by atoms with Crippen molar-refractivity contribution in [3.05, 3.63) is 64.1 Å². The third kappa shape index (κ3) is 4.05. The fourth-order valence-corrected chi connectivity index (χ4v) is 2.95. The maximum absolute atomic E-state index is 12.0. The summed E-state index contributed by atoms with van der Waals surface area (Å²) >= 11 is 12.2. The number of benzene rings is 2. The monoisotopic (exact) mass is 384 g/mol. The first-order valence-electron chi connectivity index (χ1n) is 7.85. The maximum atomic E-state index is 12.0. The molecule has 1 aromatic heterocycles. The molecule has 7 heteroatoms. The molecule has 0 aliphatic heterocycles. The van der Waals surface area contributed by atoms with Gasteiger partial charge in [-0.3, -0.25) is 9.89 Å². The number of hydrogen-bond acceptors (Lipinski definition) is 3. The molecule has 1 heterocycles. The molecule has 0 saturated carbocycles. The van der Waals surface area contributed by atoms with Gasteiger partial charge in [0, 0.05) is 28.3 Å². The molecule has 0 fully saturated rings. The Hall–Kier alpha value is -2.81. The summed E-state index contributed by atoms with van der Waals surface area (Å²) in [4.78, 5) is 12.0. The first kappa shape index (κ1) is 18.0. The van der Waals surface area contributed by atoms with Crippen LogP contribution < -0.4 is 5.32 Å². The quantitative estimate of drug-likeness (QED) is 0.625. The second-order valence-corrected chi connectivity index (χ2v) is 6.38. The van der Waals surface area contributed by atoms with Crippen molar-refractivity contribution < 1.29 is 4.79 Å². The van der Waals surface area contributed by atoms with Crippen LogP contribution in [-0.4, -0.2) is 22.6 Å². The van der Waals surface area contributed by atoms with Gasteiger partial charge >= 0.3 is 0 Å². The summed E-state index contributed by atoms with van der Waals surface area (Å²) in [5.41, 5.74) is 3.72. The number of H-pyrrole nitrogens is 1. The predicted molar refractivity (Wildman–Crippen MR) is 102 cm³/mol. The molecule has 26 heavy (non-hydrogen) atoms. The smallest absolute Gasteiger partial charge is 0.251 e. The highest BCUT2D eigenvalue weighted by molar-refractivity contribution is 6.36. The number of aromatic amines is 1. The van der Waals surface area contributed by atoms with Crippen molar-refractivity contribution in [2.24, 2.45) is 0 Å². The van der Waals surface area contributed by atoms with Gasteiger partial charge in [0.05, 0.1) is 28.9 Å². The fraction of sp³-hybridized carbons (Fsp3) is 0.105. The molecule has 0 saturated heterocycles. The lowest BCUT2D eigenvalue weighted by Gasteiger charge is -2.03. The van der Waals surface area contributed by atoms with Crippen molar-refractivity contribution in [3.63, 3.8) is 0 Å². The summed E-state index contributed by atoms with van der Waals surface area (Å²) in [5.74, 6) is -0.206. The Kier molecular flexibility index (Phi) is 5.57. The molecule has 0 atom stereocenters. The van der Waals surface area contributed by atoms with Gasteiger partial charge in [-0.15, -0.1) is 0 Å². The molecule has 0 aliphatic carbocycles. The summed E-state index contributed by atoms with van der Waals surface area (Å²) in [6.07, 6.45) is 0.285. The van der Waals surface area contributed by atoms with Crippen molar-refractivity contribution >= 4 is 29.1 Å². The Labute approximate surface area is 160 Å². The van der Waals surface area contributed by atoms with Crippen LogP contribution in [-0.2, 0) is 0 Å². The molecule has 1 amide bonds. The SMILES string of the molecule is N#CCCNC(=O)c1ccc(-c2cc(-c3ccc(Cl)cc3Cl)[nH]n2)cc1. The number of rotatable bonds is 5. The summed E-state index contributed by atoms with van der Waals surface area (Å²) < 4.78 is 0. The van der Waals surface area contributed by atoms with Gasteiger partial charge in [0.15, 0.2) is 0 Å². The Morgan fingerprint density at radius 3 is 2.62 bits per heavy atom. The number of aromatic nitrogens is 2. The van der Waals surface area contributed by atoms with Crippen molar-refractivity contribution in [3.8, 4) is 28.6 Å². The minimum absolute atomic E-state index is 0.206. The first-order chi connectivity index (χ1) is 12.6. The molecular formula is C19H14Cl2N4O. The average molecular weight is 385 g/mol. The number of hydrogen-bond donors (Lipinski definition) is 2. The van der Waals surface area contributed by atoms with Gasteiger partial charge < -0.3 is 5.32 Å². The number of amides is 1. The molecule has 130 valence electrons. The van der Waals surface area contributed by atoms with Crippen LogP contribution in [0.2, 0.25) is 10.0 Å². The van der Waals surface area contributed by atoms with Crippen molar-refractivity contribution in [1.82, 2.24) is 15.5 Å². The lowest BCUT2D eigenvalue weighted by Crippen LogP contribution is -2.24. The first-order valence-corrected chi connectivity index (χ1v) is 8.60. The van der Waals surface area contributed by atoms with Crippen LogP contribution in [0.5, 0.6) is 0 Å². The highest BCUT2D eigenvalue weighted by atomic mass is 35.5. The van der Waals surface area contributed by atoms with Crippen LogP contribution in [0.3, 0.4) is 0 Å².